The van der Waals surface area contributed by atoms with Gasteiger partial charge in [0.05, 0.1) is 0 Å². The van der Waals surface area contributed by atoms with Gasteiger partial charge in [-0.1, -0.05) is 6.07 Å². The number of hydrogen-bond acceptors (Lipinski definition) is 1. The predicted octanol–water partition coefficient (Wildman–Crippen LogP) is 3.90. The lowest BCUT2D eigenvalue weighted by molar-refractivity contribution is -0.136. The van der Waals surface area contributed by atoms with E-state index in [9.17, 15) is 17.6 Å². The molecule has 0 bridgehead atoms. The molecule has 1 nitrogen and oxygen atoms in total. The number of hydrogen-bond donors (Lipinski definition) is 1. The van der Waals surface area contributed by atoms with Gasteiger partial charge in [-0.15, -0.1) is 12.4 Å². The molecule has 1 aromatic carbocycles. The second kappa shape index (κ2) is 6.21. The summed E-state index contributed by atoms with van der Waals surface area (Å²) in [4.78, 5) is 0. The number of aryl methyl sites for hydroxylation is 1. The van der Waals surface area contributed by atoms with Gasteiger partial charge in [0.2, 0.25) is 0 Å². The van der Waals surface area contributed by atoms with Crippen LogP contribution in [0.2, 0.25) is 0 Å². The molecule has 0 radical (unpaired) electrons. The molecule has 0 aliphatic rings. The van der Waals surface area contributed by atoms with Crippen molar-refractivity contribution in [3.05, 3.63) is 35.1 Å². The lowest BCUT2D eigenvalue weighted by Crippen LogP contribution is -2.16. The Hall–Kier alpha value is -0.810. The first kappa shape index (κ1) is 16.2. The summed E-state index contributed by atoms with van der Waals surface area (Å²) >= 11 is 0. The van der Waals surface area contributed by atoms with Crippen LogP contribution in [0.3, 0.4) is 0 Å². The first-order valence-electron chi connectivity index (χ1n) is 4.88. The van der Waals surface area contributed by atoms with Crippen LogP contribution in [-0.4, -0.2) is 6.18 Å². The van der Waals surface area contributed by atoms with Crippen molar-refractivity contribution < 1.29 is 17.6 Å². The van der Waals surface area contributed by atoms with E-state index in [0.29, 0.717) is 11.1 Å². The number of nitrogens with two attached hydrogens (primary N) is 1. The Labute approximate surface area is 103 Å². The minimum Gasteiger partial charge on any atom is -0.324 e. The van der Waals surface area contributed by atoms with Crippen LogP contribution in [0.25, 0.3) is 0 Å². The fourth-order valence-corrected chi connectivity index (χ4v) is 1.53. The fourth-order valence-electron chi connectivity index (χ4n) is 1.53. The van der Waals surface area contributed by atoms with Gasteiger partial charge in [0.25, 0.3) is 0 Å². The maximum Gasteiger partial charge on any atom is 0.389 e. The van der Waals surface area contributed by atoms with Crippen LogP contribution >= 0.6 is 12.4 Å². The van der Waals surface area contributed by atoms with E-state index in [1.807, 2.05) is 0 Å². The van der Waals surface area contributed by atoms with Crippen molar-refractivity contribution in [3.8, 4) is 0 Å². The summed E-state index contributed by atoms with van der Waals surface area (Å²) in [6.07, 6.45) is -5.31. The van der Waals surface area contributed by atoms with Gasteiger partial charge in [0.15, 0.2) is 0 Å². The van der Waals surface area contributed by atoms with Crippen molar-refractivity contribution in [2.24, 2.45) is 5.73 Å². The van der Waals surface area contributed by atoms with Gasteiger partial charge in [-0.2, -0.15) is 13.2 Å². The van der Waals surface area contributed by atoms with Gasteiger partial charge in [0.1, 0.15) is 5.82 Å². The van der Waals surface area contributed by atoms with Crippen LogP contribution in [0.1, 0.15) is 30.0 Å². The van der Waals surface area contributed by atoms with E-state index >= 15 is 0 Å². The summed E-state index contributed by atoms with van der Waals surface area (Å²) in [6, 6.07) is 3.20. The summed E-state index contributed by atoms with van der Waals surface area (Å²) in [7, 11) is 0. The molecule has 0 aliphatic heterocycles. The van der Waals surface area contributed by atoms with Crippen LogP contribution in [0.15, 0.2) is 18.2 Å². The third-order valence-electron chi connectivity index (χ3n) is 2.37. The van der Waals surface area contributed by atoms with Gasteiger partial charge in [-0.3, -0.25) is 0 Å². The number of alkyl halides is 3. The quantitative estimate of drug-likeness (QED) is 0.829. The van der Waals surface area contributed by atoms with Gasteiger partial charge >= 0.3 is 6.18 Å². The normalized spacial score (nSPS) is 13.1. The van der Waals surface area contributed by atoms with E-state index in [1.54, 1.807) is 6.92 Å². The van der Waals surface area contributed by atoms with Crippen LogP contribution in [0.5, 0.6) is 0 Å². The van der Waals surface area contributed by atoms with Crippen LogP contribution in [0.4, 0.5) is 17.6 Å². The zero-order valence-corrected chi connectivity index (χ0v) is 10.0. The van der Waals surface area contributed by atoms with Crippen molar-refractivity contribution in [1.29, 1.82) is 0 Å². The molecular weight excluding hydrogens is 258 g/mol. The number of halogens is 5. The highest BCUT2D eigenvalue weighted by atomic mass is 35.5. The molecule has 0 aromatic heterocycles. The summed E-state index contributed by atoms with van der Waals surface area (Å²) < 4.78 is 48.7. The second-order valence-electron chi connectivity index (χ2n) is 3.76. The van der Waals surface area contributed by atoms with Crippen LogP contribution in [-0.2, 0) is 0 Å². The van der Waals surface area contributed by atoms with E-state index < -0.39 is 24.5 Å². The molecular formula is C11H14ClF4N. The molecule has 0 saturated carbocycles. The Balaban J connectivity index is 0.00000256. The lowest BCUT2D eigenvalue weighted by Gasteiger charge is -2.15. The minimum absolute atomic E-state index is 0. The van der Waals surface area contributed by atoms with Gasteiger partial charge in [-0.25, -0.2) is 4.39 Å². The Kier molecular flexibility index (Phi) is 5.92. The molecule has 0 heterocycles. The van der Waals surface area contributed by atoms with Crippen molar-refractivity contribution in [3.63, 3.8) is 0 Å². The molecule has 0 aliphatic carbocycles. The molecule has 2 N–H and O–H groups in total. The highest BCUT2D eigenvalue weighted by Gasteiger charge is 2.28. The van der Waals surface area contributed by atoms with Crippen LogP contribution < -0.4 is 5.73 Å². The van der Waals surface area contributed by atoms with Crippen molar-refractivity contribution in [2.75, 3.05) is 0 Å². The van der Waals surface area contributed by atoms with Crippen molar-refractivity contribution >= 4 is 12.4 Å². The van der Waals surface area contributed by atoms with E-state index in [-0.39, 0.29) is 18.8 Å². The fraction of sp³-hybridized carbons (Fsp3) is 0.455. The van der Waals surface area contributed by atoms with Gasteiger partial charge < -0.3 is 5.73 Å². The molecule has 17 heavy (non-hydrogen) atoms. The van der Waals surface area contributed by atoms with Crippen molar-refractivity contribution in [2.45, 2.75) is 32.0 Å². The maximum atomic E-state index is 12.8. The molecule has 1 rings (SSSR count). The summed E-state index contributed by atoms with van der Waals surface area (Å²) in [5.74, 6) is -0.413. The SMILES string of the molecule is Cc1cc(F)ccc1[C@@H](N)CCC(F)(F)F.Cl. The first-order valence-corrected chi connectivity index (χ1v) is 4.88. The number of benzene rings is 1. The molecule has 0 unspecified atom stereocenters. The Bertz CT molecular complexity index is 365. The molecule has 1 aromatic rings. The highest BCUT2D eigenvalue weighted by molar-refractivity contribution is 5.85. The molecule has 0 spiro atoms. The second-order valence-corrected chi connectivity index (χ2v) is 3.76. The average molecular weight is 272 g/mol. The third kappa shape index (κ3) is 5.37. The lowest BCUT2D eigenvalue weighted by atomic mass is 9.98. The molecule has 0 amide bonds. The Morgan fingerprint density at radius 1 is 1.29 bits per heavy atom. The van der Waals surface area contributed by atoms with Gasteiger partial charge in [0, 0.05) is 12.5 Å². The summed E-state index contributed by atoms with van der Waals surface area (Å²) in [5.41, 5.74) is 6.77. The third-order valence-corrected chi connectivity index (χ3v) is 2.37. The zero-order valence-electron chi connectivity index (χ0n) is 9.22. The standard InChI is InChI=1S/C11H13F4N.ClH/c1-7-6-8(12)2-3-9(7)10(16)4-5-11(13,14)15;/h2-3,6,10H,4-5,16H2,1H3;1H/t10-;/m0./s1. The summed E-state index contributed by atoms with van der Waals surface area (Å²) in [5, 5.41) is 0. The molecule has 0 fully saturated rings. The molecule has 98 valence electrons. The summed E-state index contributed by atoms with van der Waals surface area (Å²) in [6.45, 7) is 1.63. The monoisotopic (exact) mass is 271 g/mol. The Morgan fingerprint density at radius 3 is 2.35 bits per heavy atom. The van der Waals surface area contributed by atoms with Crippen LogP contribution in [0, 0.1) is 12.7 Å². The average Bonchev–Trinajstić information content (AvgIpc) is 2.13. The Morgan fingerprint density at radius 2 is 1.88 bits per heavy atom. The van der Waals surface area contributed by atoms with E-state index in [0.717, 1.165) is 0 Å². The van der Waals surface area contributed by atoms with E-state index in [2.05, 4.69) is 0 Å². The highest BCUT2D eigenvalue weighted by Crippen LogP contribution is 2.27. The smallest absolute Gasteiger partial charge is 0.324 e. The first-order chi connectivity index (χ1) is 7.29. The molecule has 1 atom stereocenters. The largest absolute Gasteiger partial charge is 0.389 e. The predicted molar refractivity (Wildman–Crippen MR) is 60.6 cm³/mol. The van der Waals surface area contributed by atoms with Crippen molar-refractivity contribution in [1.82, 2.24) is 0 Å². The van der Waals surface area contributed by atoms with E-state index in [4.69, 9.17) is 5.73 Å². The topological polar surface area (TPSA) is 26.0 Å². The zero-order chi connectivity index (χ0) is 12.3. The minimum atomic E-state index is -4.20. The maximum absolute atomic E-state index is 12.8. The number of rotatable bonds is 3. The molecule has 0 saturated heterocycles. The molecule has 6 heteroatoms. The van der Waals surface area contributed by atoms with Gasteiger partial charge in [-0.05, 0) is 36.6 Å². The van der Waals surface area contributed by atoms with E-state index in [1.165, 1.54) is 18.2 Å².